The maximum absolute atomic E-state index is 7.10. The normalized spacial score (nSPS) is 14.1. The summed E-state index contributed by atoms with van der Waals surface area (Å²) in [5.41, 5.74) is 4.64. The van der Waals surface area contributed by atoms with Crippen molar-refractivity contribution in [3.8, 4) is 11.5 Å². The van der Waals surface area contributed by atoms with E-state index in [1.54, 1.807) is 0 Å². The summed E-state index contributed by atoms with van der Waals surface area (Å²) in [6, 6.07) is 33.5. The second-order valence-electron chi connectivity index (χ2n) is 15.8. The number of hydrogen-bond acceptors (Lipinski definition) is 3. The molecule has 0 saturated heterocycles. The molecule has 0 aliphatic carbocycles. The zero-order chi connectivity index (χ0) is 33.2. The second kappa shape index (κ2) is 13.6. The van der Waals surface area contributed by atoms with Crippen LogP contribution in [0.1, 0.15) is 105 Å². The van der Waals surface area contributed by atoms with Gasteiger partial charge in [-0.25, -0.2) is 0 Å². The molecule has 0 aromatic heterocycles. The Bertz CT molecular complexity index is 1440. The van der Waals surface area contributed by atoms with Crippen LogP contribution >= 0.6 is 16.8 Å². The van der Waals surface area contributed by atoms with Crippen LogP contribution in [0.5, 0.6) is 11.5 Å². The van der Waals surface area contributed by atoms with Gasteiger partial charge in [0.2, 0.25) is 0 Å². The fourth-order valence-corrected chi connectivity index (χ4v) is 8.85. The first-order valence-corrected chi connectivity index (χ1v) is 18.3. The van der Waals surface area contributed by atoms with Gasteiger partial charge in [-0.3, -0.25) is 4.31 Å². The van der Waals surface area contributed by atoms with E-state index in [0.717, 1.165) is 22.1 Å². The Morgan fingerprint density at radius 1 is 0.378 bits per heavy atom. The van der Waals surface area contributed by atoms with Gasteiger partial charge in [-0.15, -0.1) is 0 Å². The van der Waals surface area contributed by atoms with Gasteiger partial charge in [-0.1, -0.05) is 144 Å². The Balaban J connectivity index is 1.86. The zero-order valence-electron chi connectivity index (χ0n) is 29.4. The van der Waals surface area contributed by atoms with Crippen molar-refractivity contribution in [1.29, 1.82) is 0 Å². The van der Waals surface area contributed by atoms with E-state index in [0.29, 0.717) is 0 Å². The molecule has 0 heterocycles. The lowest BCUT2D eigenvalue weighted by atomic mass is 9.75. The predicted molar refractivity (Wildman–Crippen MR) is 196 cm³/mol. The van der Waals surface area contributed by atoms with Crippen molar-refractivity contribution in [3.05, 3.63) is 119 Å². The first-order valence-electron chi connectivity index (χ1n) is 15.9. The van der Waals surface area contributed by atoms with Gasteiger partial charge in [-0.05, 0) is 69.2 Å². The first kappa shape index (κ1) is 35.2. The first-order chi connectivity index (χ1) is 20.9. The monoisotopic (exact) mass is 642 g/mol. The SMILES string of the molecule is CC(C)(C)c1cccc(OP(OP(Oc2cccc(C(C)(C)C)c2C(C)(C)C)c2ccccc2)c2ccccc2)c1C(C)(C)C. The van der Waals surface area contributed by atoms with Crippen molar-refractivity contribution in [2.45, 2.75) is 105 Å². The molecular formula is C40H52O3P2. The van der Waals surface area contributed by atoms with Gasteiger partial charge in [0.1, 0.15) is 11.5 Å². The number of hydrogen-bond donors (Lipinski definition) is 0. The van der Waals surface area contributed by atoms with Gasteiger partial charge in [0.05, 0.1) is 0 Å². The van der Waals surface area contributed by atoms with Crippen LogP contribution in [-0.2, 0) is 26.0 Å². The topological polar surface area (TPSA) is 27.7 Å². The van der Waals surface area contributed by atoms with E-state index in [1.807, 2.05) is 36.4 Å². The molecular weight excluding hydrogens is 590 g/mol. The summed E-state index contributed by atoms with van der Waals surface area (Å²) >= 11 is 0. The van der Waals surface area contributed by atoms with Crippen molar-refractivity contribution < 1.29 is 13.4 Å². The molecule has 2 unspecified atom stereocenters. The maximum Gasteiger partial charge on any atom is 0.271 e. The largest absolute Gasteiger partial charge is 0.443 e. The minimum atomic E-state index is -1.57. The quantitative estimate of drug-likeness (QED) is 0.179. The average molecular weight is 643 g/mol. The Morgan fingerprint density at radius 2 is 0.711 bits per heavy atom. The summed E-state index contributed by atoms with van der Waals surface area (Å²) in [5.74, 6) is 1.72. The summed E-state index contributed by atoms with van der Waals surface area (Å²) in [5, 5.41) is 2.00. The van der Waals surface area contributed by atoms with E-state index in [4.69, 9.17) is 13.4 Å². The smallest absolute Gasteiger partial charge is 0.271 e. The van der Waals surface area contributed by atoms with Crippen molar-refractivity contribution in [2.75, 3.05) is 0 Å². The van der Waals surface area contributed by atoms with Crippen molar-refractivity contribution in [3.63, 3.8) is 0 Å². The average Bonchev–Trinajstić information content (AvgIpc) is 2.95. The van der Waals surface area contributed by atoms with E-state index >= 15 is 0 Å². The highest BCUT2D eigenvalue weighted by molar-refractivity contribution is 7.69. The van der Waals surface area contributed by atoms with Crippen LogP contribution in [0.3, 0.4) is 0 Å². The highest BCUT2D eigenvalue weighted by Crippen LogP contribution is 2.56. The van der Waals surface area contributed by atoms with E-state index < -0.39 is 16.8 Å². The van der Waals surface area contributed by atoms with Crippen LogP contribution in [0.25, 0.3) is 0 Å². The molecule has 0 radical (unpaired) electrons. The van der Waals surface area contributed by atoms with Crippen molar-refractivity contribution in [1.82, 2.24) is 0 Å². The zero-order valence-corrected chi connectivity index (χ0v) is 31.1. The van der Waals surface area contributed by atoms with E-state index in [2.05, 4.69) is 144 Å². The van der Waals surface area contributed by atoms with E-state index in [-0.39, 0.29) is 21.7 Å². The molecule has 0 N–H and O–H groups in total. The minimum absolute atomic E-state index is 0.0421. The Labute approximate surface area is 275 Å². The van der Waals surface area contributed by atoms with Gasteiger partial charge in [0.15, 0.2) is 0 Å². The summed E-state index contributed by atoms with van der Waals surface area (Å²) < 4.78 is 21.2. The molecule has 0 aliphatic rings. The van der Waals surface area contributed by atoms with Crippen LogP contribution in [0.2, 0.25) is 0 Å². The van der Waals surface area contributed by atoms with E-state index in [1.165, 1.54) is 22.3 Å². The van der Waals surface area contributed by atoms with Gasteiger partial charge in [-0.2, -0.15) is 0 Å². The summed E-state index contributed by atoms with van der Waals surface area (Å²) in [7, 11) is -3.13. The molecule has 240 valence electrons. The molecule has 0 bridgehead atoms. The highest BCUT2D eigenvalue weighted by atomic mass is 31.2. The molecule has 0 saturated carbocycles. The molecule has 4 aromatic rings. The summed E-state index contributed by atoms with van der Waals surface area (Å²) in [6.07, 6.45) is 0. The van der Waals surface area contributed by atoms with Crippen molar-refractivity contribution >= 4 is 27.4 Å². The second-order valence-corrected chi connectivity index (χ2v) is 18.9. The molecule has 2 atom stereocenters. The predicted octanol–water partition coefficient (Wildman–Crippen LogP) is 11.6. The molecule has 45 heavy (non-hydrogen) atoms. The third-order valence-corrected chi connectivity index (χ3v) is 11.0. The molecule has 3 nitrogen and oxygen atoms in total. The Hall–Kier alpha value is -2.70. The van der Waals surface area contributed by atoms with Gasteiger partial charge in [0, 0.05) is 21.7 Å². The lowest BCUT2D eigenvalue weighted by Crippen LogP contribution is -2.23. The molecule has 5 heteroatoms. The minimum Gasteiger partial charge on any atom is -0.443 e. The molecule has 4 aromatic carbocycles. The van der Waals surface area contributed by atoms with E-state index in [9.17, 15) is 0 Å². The number of rotatable bonds is 8. The lowest BCUT2D eigenvalue weighted by molar-refractivity contribution is 0.450. The molecule has 0 aliphatic heterocycles. The Kier molecular flexibility index (Phi) is 10.6. The van der Waals surface area contributed by atoms with Gasteiger partial charge in [0.25, 0.3) is 16.8 Å². The number of benzene rings is 4. The fourth-order valence-electron chi connectivity index (χ4n) is 5.59. The summed E-state index contributed by atoms with van der Waals surface area (Å²) in [6.45, 7) is 27.1. The van der Waals surface area contributed by atoms with Gasteiger partial charge < -0.3 is 9.05 Å². The van der Waals surface area contributed by atoms with Crippen LogP contribution < -0.4 is 19.7 Å². The highest BCUT2D eigenvalue weighted by Gasteiger charge is 2.34. The van der Waals surface area contributed by atoms with Crippen molar-refractivity contribution in [2.24, 2.45) is 0 Å². The Morgan fingerprint density at radius 3 is 1.00 bits per heavy atom. The maximum atomic E-state index is 7.10. The van der Waals surface area contributed by atoms with Crippen LogP contribution in [0, 0.1) is 0 Å². The van der Waals surface area contributed by atoms with Crippen LogP contribution in [0.15, 0.2) is 97.1 Å². The van der Waals surface area contributed by atoms with Crippen LogP contribution in [0.4, 0.5) is 0 Å². The fraction of sp³-hybridized carbons (Fsp3) is 0.400. The van der Waals surface area contributed by atoms with Crippen LogP contribution in [-0.4, -0.2) is 0 Å². The molecule has 0 spiro atoms. The standard InChI is InChI=1S/C40H52O3P2/c1-37(2,3)31-25-19-27-33(35(31)39(7,8)9)41-44(29-21-15-13-16-22-29)43-45(30-23-17-14-18-24-30)42-34-28-20-26-32(38(4,5)6)36(34)40(10,11)12/h13-28H,1-12H3. The molecule has 0 fully saturated rings. The molecule has 0 amide bonds. The summed E-state index contributed by atoms with van der Waals surface area (Å²) in [4.78, 5) is 0. The lowest BCUT2D eigenvalue weighted by Gasteiger charge is -2.34. The van der Waals surface area contributed by atoms with Gasteiger partial charge >= 0.3 is 0 Å². The third-order valence-electron chi connectivity index (χ3n) is 7.61. The third kappa shape index (κ3) is 8.77. The molecule has 4 rings (SSSR count).